The summed E-state index contributed by atoms with van der Waals surface area (Å²) in [6.45, 7) is 14.0. The monoisotopic (exact) mass is 1270 g/mol. The van der Waals surface area contributed by atoms with Crippen molar-refractivity contribution in [2.24, 2.45) is 23.7 Å². The van der Waals surface area contributed by atoms with Crippen LogP contribution in [-0.2, 0) is 65.4 Å². The number of carbonyl (C=O) groups excluding carboxylic acids is 4. The van der Waals surface area contributed by atoms with Gasteiger partial charge in [0, 0.05) is 25.7 Å². The summed E-state index contributed by atoms with van der Waals surface area (Å²) in [5.74, 6) is 0.787. The Morgan fingerprint density at radius 1 is 0.326 bits per heavy atom. The van der Waals surface area contributed by atoms with Gasteiger partial charge in [0.25, 0.3) is 0 Å². The van der Waals surface area contributed by atoms with Crippen LogP contribution in [0.1, 0.15) is 325 Å². The average molecular weight is 1270 g/mol. The van der Waals surface area contributed by atoms with E-state index >= 15 is 0 Å². The van der Waals surface area contributed by atoms with E-state index < -0.39 is 97.5 Å². The highest BCUT2D eigenvalue weighted by Gasteiger charge is 2.30. The van der Waals surface area contributed by atoms with Crippen molar-refractivity contribution in [3.8, 4) is 0 Å². The van der Waals surface area contributed by atoms with Gasteiger partial charge < -0.3 is 33.8 Å². The largest absolute Gasteiger partial charge is 0.472 e. The molecule has 0 aromatic rings. The van der Waals surface area contributed by atoms with E-state index in [4.69, 9.17) is 37.0 Å². The average Bonchev–Trinajstić information content (AvgIpc) is 3.68. The minimum Gasteiger partial charge on any atom is -0.462 e. The van der Waals surface area contributed by atoms with E-state index in [2.05, 4.69) is 55.4 Å². The van der Waals surface area contributed by atoms with Crippen molar-refractivity contribution >= 4 is 39.5 Å². The number of aliphatic hydroxyl groups is 1. The molecule has 0 saturated heterocycles. The van der Waals surface area contributed by atoms with Gasteiger partial charge in [-0.15, -0.1) is 0 Å². The number of carbonyl (C=O) groups is 4. The molecule has 0 amide bonds. The summed E-state index contributed by atoms with van der Waals surface area (Å²) in [5.41, 5.74) is 0. The van der Waals surface area contributed by atoms with Gasteiger partial charge in [0.2, 0.25) is 0 Å². The first kappa shape index (κ1) is 84.1. The van der Waals surface area contributed by atoms with Gasteiger partial charge >= 0.3 is 39.5 Å². The van der Waals surface area contributed by atoms with Crippen molar-refractivity contribution in [2.45, 2.75) is 343 Å². The van der Waals surface area contributed by atoms with Crippen molar-refractivity contribution in [3.63, 3.8) is 0 Å². The lowest BCUT2D eigenvalue weighted by Gasteiger charge is -2.21. The molecule has 0 aliphatic heterocycles. The highest BCUT2D eigenvalue weighted by molar-refractivity contribution is 7.47. The number of ether oxygens (including phenoxy) is 4. The molecule has 510 valence electrons. The molecule has 86 heavy (non-hydrogen) atoms. The molecule has 17 nitrogen and oxygen atoms in total. The van der Waals surface area contributed by atoms with Gasteiger partial charge in [0.1, 0.15) is 19.3 Å². The maximum atomic E-state index is 13.0. The highest BCUT2D eigenvalue weighted by atomic mass is 31.2. The third kappa shape index (κ3) is 59.7. The molecule has 0 heterocycles. The van der Waals surface area contributed by atoms with Crippen LogP contribution < -0.4 is 0 Å². The molecule has 0 fully saturated rings. The molecular formula is C67H130O17P2. The molecule has 19 heteroatoms. The van der Waals surface area contributed by atoms with E-state index in [0.717, 1.165) is 120 Å². The lowest BCUT2D eigenvalue weighted by Crippen LogP contribution is -2.30. The number of rotatable bonds is 64. The topological polar surface area (TPSA) is 237 Å². The normalized spacial score (nSPS) is 14.7. The predicted molar refractivity (Wildman–Crippen MR) is 344 cm³/mol. The van der Waals surface area contributed by atoms with Crippen LogP contribution >= 0.6 is 15.6 Å². The smallest absolute Gasteiger partial charge is 0.462 e. The zero-order valence-electron chi connectivity index (χ0n) is 55.9. The molecule has 0 aliphatic rings. The molecular weight excluding hydrogens is 1140 g/mol. The second-order valence-electron chi connectivity index (χ2n) is 25.9. The standard InChI is InChI=1S/C67H130O17P2/c1-9-60(8)46-38-30-24-26-32-40-48-65(70)78-54-63(84-67(72)50-42-34-22-18-14-16-20-28-36-44-58(4)5)56-82-86(75,76)80-52-61(68)51-79-85(73,74)81-55-62(53-77-64(69)47-39-31-25-23-29-37-45-59(6)7)83-66(71)49-41-33-21-17-13-11-10-12-15-19-27-35-43-57(2)3/h57-63,68H,9-56H2,1-8H3,(H,73,74)(H,75,76)/t60?,61-,62-,63-/m1/s1. The second-order valence-corrected chi connectivity index (χ2v) is 28.8. The SMILES string of the molecule is CCC(C)CCCCCCCCC(=O)OC[C@H](COP(=O)(O)OC[C@H](O)COP(=O)(O)OC[C@@H](COC(=O)CCCCCCCCC(C)C)OC(=O)CCCCCCCCCCCCCCC(C)C)OC(=O)CCCCCCCCCCCC(C)C. The zero-order chi connectivity index (χ0) is 63.9. The maximum Gasteiger partial charge on any atom is 0.472 e. The van der Waals surface area contributed by atoms with Crippen molar-refractivity contribution < 1.29 is 80.2 Å². The fourth-order valence-electron chi connectivity index (χ4n) is 9.93. The minimum atomic E-state index is -4.95. The first-order valence-corrected chi connectivity index (χ1v) is 37.7. The number of phosphoric acid groups is 2. The van der Waals surface area contributed by atoms with E-state index in [0.29, 0.717) is 31.6 Å². The lowest BCUT2D eigenvalue weighted by atomic mass is 10.00. The molecule has 0 aromatic carbocycles. The summed E-state index contributed by atoms with van der Waals surface area (Å²) < 4.78 is 68.1. The van der Waals surface area contributed by atoms with Gasteiger partial charge in [-0.05, 0) is 49.4 Å². The molecule has 6 atom stereocenters. The van der Waals surface area contributed by atoms with Gasteiger partial charge in [0.15, 0.2) is 12.2 Å². The van der Waals surface area contributed by atoms with Crippen LogP contribution in [0.15, 0.2) is 0 Å². The number of aliphatic hydroxyl groups excluding tert-OH is 1. The summed E-state index contributed by atoms with van der Waals surface area (Å²) in [7, 11) is -9.90. The van der Waals surface area contributed by atoms with Gasteiger partial charge in [0.05, 0.1) is 26.4 Å². The summed E-state index contributed by atoms with van der Waals surface area (Å²) in [5, 5.41) is 10.6. The van der Waals surface area contributed by atoms with Gasteiger partial charge in [-0.1, -0.05) is 274 Å². The quantitative estimate of drug-likeness (QED) is 0.0222. The third-order valence-corrected chi connectivity index (χ3v) is 17.6. The van der Waals surface area contributed by atoms with Crippen molar-refractivity contribution in [1.29, 1.82) is 0 Å². The van der Waals surface area contributed by atoms with Gasteiger partial charge in [-0.2, -0.15) is 0 Å². The predicted octanol–water partition coefficient (Wildman–Crippen LogP) is 18.5. The Hall–Kier alpha value is -1.94. The Morgan fingerprint density at radius 3 is 0.826 bits per heavy atom. The van der Waals surface area contributed by atoms with Gasteiger partial charge in [-0.3, -0.25) is 37.3 Å². The van der Waals surface area contributed by atoms with Crippen LogP contribution in [0.3, 0.4) is 0 Å². The maximum absolute atomic E-state index is 13.0. The molecule has 3 unspecified atom stereocenters. The number of hydrogen-bond donors (Lipinski definition) is 3. The van der Waals surface area contributed by atoms with E-state index in [9.17, 15) is 43.2 Å². The van der Waals surface area contributed by atoms with Crippen LogP contribution in [0.25, 0.3) is 0 Å². The molecule has 0 aliphatic carbocycles. The molecule has 0 bridgehead atoms. The summed E-state index contributed by atoms with van der Waals surface area (Å²) in [6.07, 6.45) is 37.7. The molecule has 0 aromatic heterocycles. The Balaban J connectivity index is 5.24. The highest BCUT2D eigenvalue weighted by Crippen LogP contribution is 2.45. The first-order valence-electron chi connectivity index (χ1n) is 34.7. The van der Waals surface area contributed by atoms with E-state index in [1.165, 1.54) is 116 Å². The number of esters is 4. The third-order valence-electron chi connectivity index (χ3n) is 15.7. The van der Waals surface area contributed by atoms with E-state index in [1.807, 2.05) is 0 Å². The number of phosphoric ester groups is 2. The zero-order valence-corrected chi connectivity index (χ0v) is 57.7. The van der Waals surface area contributed by atoms with Crippen LogP contribution in [-0.4, -0.2) is 96.7 Å². The molecule has 0 saturated carbocycles. The number of hydrogen-bond acceptors (Lipinski definition) is 15. The van der Waals surface area contributed by atoms with Crippen LogP contribution in [0, 0.1) is 23.7 Å². The van der Waals surface area contributed by atoms with Crippen LogP contribution in [0.2, 0.25) is 0 Å². The van der Waals surface area contributed by atoms with Crippen molar-refractivity contribution in [1.82, 2.24) is 0 Å². The summed E-state index contributed by atoms with van der Waals surface area (Å²) in [6, 6.07) is 0. The van der Waals surface area contributed by atoms with E-state index in [1.54, 1.807) is 0 Å². The minimum absolute atomic E-state index is 0.104. The fraction of sp³-hybridized carbons (Fsp3) is 0.940. The van der Waals surface area contributed by atoms with E-state index in [-0.39, 0.29) is 25.7 Å². The Bertz CT molecular complexity index is 1720. The van der Waals surface area contributed by atoms with Gasteiger partial charge in [-0.25, -0.2) is 9.13 Å². The fourth-order valence-corrected chi connectivity index (χ4v) is 11.5. The molecule has 0 rings (SSSR count). The van der Waals surface area contributed by atoms with Crippen LogP contribution in [0.5, 0.6) is 0 Å². The lowest BCUT2D eigenvalue weighted by molar-refractivity contribution is -0.161. The molecule has 0 radical (unpaired) electrons. The molecule has 3 N–H and O–H groups in total. The van der Waals surface area contributed by atoms with Crippen LogP contribution in [0.4, 0.5) is 0 Å². The molecule has 0 spiro atoms. The van der Waals surface area contributed by atoms with Crippen molar-refractivity contribution in [2.75, 3.05) is 39.6 Å². The Morgan fingerprint density at radius 2 is 0.558 bits per heavy atom. The Labute approximate surface area is 524 Å². The summed E-state index contributed by atoms with van der Waals surface area (Å²) in [4.78, 5) is 72.3. The number of unbranched alkanes of at least 4 members (excludes halogenated alkanes) is 29. The summed E-state index contributed by atoms with van der Waals surface area (Å²) >= 11 is 0. The first-order chi connectivity index (χ1) is 41.1. The second kappa shape index (κ2) is 57.0. The van der Waals surface area contributed by atoms with Crippen molar-refractivity contribution in [3.05, 3.63) is 0 Å². The Kier molecular flexibility index (Phi) is 55.7.